The fourth-order valence-electron chi connectivity index (χ4n) is 2.65. The molecule has 0 aromatic carbocycles. The summed E-state index contributed by atoms with van der Waals surface area (Å²) in [6.07, 6.45) is 5.09. The Kier molecular flexibility index (Phi) is 2.92. The number of hydrogen-bond donors (Lipinski definition) is 0. The summed E-state index contributed by atoms with van der Waals surface area (Å²) in [7, 11) is 0. The molecule has 0 aromatic heterocycles. The van der Waals surface area contributed by atoms with Crippen molar-refractivity contribution in [1.82, 2.24) is 0 Å². The first-order valence-corrected chi connectivity index (χ1v) is 6.14. The molecule has 0 amide bonds. The average Bonchev–Trinajstić information content (AvgIpc) is 1.80. The fourth-order valence-corrected chi connectivity index (χ4v) is 3.14. The molecule has 0 unspecified atom stereocenters. The van der Waals surface area contributed by atoms with Crippen molar-refractivity contribution < 1.29 is 0 Å². The molecule has 1 aliphatic carbocycles. The van der Waals surface area contributed by atoms with E-state index >= 15 is 0 Å². The fraction of sp³-hybridized carbons (Fsp3) is 0.818. The second kappa shape index (κ2) is 3.32. The van der Waals surface area contributed by atoms with Gasteiger partial charge in [0.05, 0.1) is 0 Å². The molecule has 1 heteroatoms. The van der Waals surface area contributed by atoms with Crippen LogP contribution in [0.2, 0.25) is 0 Å². The third kappa shape index (κ3) is 2.75. The van der Waals surface area contributed by atoms with Crippen molar-refractivity contribution in [2.75, 3.05) is 4.43 Å². The van der Waals surface area contributed by atoms with E-state index in [1.807, 2.05) is 0 Å². The van der Waals surface area contributed by atoms with Gasteiger partial charge in [0.2, 0.25) is 0 Å². The van der Waals surface area contributed by atoms with Crippen LogP contribution in [0.15, 0.2) is 11.6 Å². The van der Waals surface area contributed by atoms with Gasteiger partial charge in [0.25, 0.3) is 0 Å². The van der Waals surface area contributed by atoms with Crippen molar-refractivity contribution in [3.8, 4) is 0 Å². The lowest BCUT2D eigenvalue weighted by Crippen LogP contribution is -2.27. The van der Waals surface area contributed by atoms with Gasteiger partial charge in [0.1, 0.15) is 0 Å². The van der Waals surface area contributed by atoms with Crippen molar-refractivity contribution in [2.45, 2.75) is 40.5 Å². The molecule has 0 atom stereocenters. The Balaban J connectivity index is 2.86. The van der Waals surface area contributed by atoms with Crippen LogP contribution in [0.4, 0.5) is 0 Å². The summed E-state index contributed by atoms with van der Waals surface area (Å²) in [6, 6.07) is 0. The van der Waals surface area contributed by atoms with E-state index in [1.54, 1.807) is 5.57 Å². The summed E-state index contributed by atoms with van der Waals surface area (Å²) in [5.41, 5.74) is 2.57. The summed E-state index contributed by atoms with van der Waals surface area (Å²) in [4.78, 5) is 0. The van der Waals surface area contributed by atoms with Gasteiger partial charge in [-0.05, 0) is 23.7 Å². The topological polar surface area (TPSA) is 0 Å². The lowest BCUT2D eigenvalue weighted by molar-refractivity contribution is 0.216. The van der Waals surface area contributed by atoms with Crippen molar-refractivity contribution in [1.29, 1.82) is 0 Å². The third-order valence-electron chi connectivity index (χ3n) is 2.41. The molecule has 0 N–H and O–H groups in total. The lowest BCUT2D eigenvalue weighted by atomic mass is 9.67. The largest absolute Gasteiger partial charge is 0.0816 e. The summed E-state index contributed by atoms with van der Waals surface area (Å²) < 4.78 is 1.20. The monoisotopic (exact) mass is 278 g/mol. The zero-order valence-electron chi connectivity index (χ0n) is 8.58. The van der Waals surface area contributed by atoms with Crippen molar-refractivity contribution in [3.05, 3.63) is 11.6 Å². The van der Waals surface area contributed by atoms with Crippen molar-refractivity contribution in [3.63, 3.8) is 0 Å². The number of hydrogen-bond acceptors (Lipinski definition) is 0. The van der Waals surface area contributed by atoms with E-state index in [-0.39, 0.29) is 0 Å². The van der Waals surface area contributed by atoms with E-state index in [1.165, 1.54) is 17.3 Å². The van der Waals surface area contributed by atoms with Gasteiger partial charge in [0.15, 0.2) is 0 Å². The Morgan fingerprint density at radius 3 is 2.33 bits per heavy atom. The minimum Gasteiger partial charge on any atom is -0.0816 e. The van der Waals surface area contributed by atoms with Gasteiger partial charge in [-0.15, -0.1) is 0 Å². The van der Waals surface area contributed by atoms with E-state index in [4.69, 9.17) is 0 Å². The quantitative estimate of drug-likeness (QED) is 0.383. The SMILES string of the molecule is CC1(C)C=C(CI)CC(C)(C)C1. The second-order valence-electron chi connectivity index (χ2n) is 5.44. The van der Waals surface area contributed by atoms with E-state index < -0.39 is 0 Å². The van der Waals surface area contributed by atoms with Crippen LogP contribution in [-0.2, 0) is 0 Å². The molecule has 0 fully saturated rings. The first-order chi connectivity index (χ1) is 5.35. The highest BCUT2D eigenvalue weighted by atomic mass is 127. The van der Waals surface area contributed by atoms with Gasteiger partial charge in [0, 0.05) is 4.43 Å². The van der Waals surface area contributed by atoms with Crippen LogP contribution in [0.5, 0.6) is 0 Å². The molecule has 0 radical (unpaired) electrons. The molecule has 0 aliphatic heterocycles. The molecule has 0 bridgehead atoms. The number of rotatable bonds is 1. The van der Waals surface area contributed by atoms with Gasteiger partial charge in [-0.2, -0.15) is 0 Å². The predicted octanol–water partition coefficient (Wildman–Crippen LogP) is 4.19. The molecule has 1 aliphatic rings. The summed E-state index contributed by atoms with van der Waals surface area (Å²) in [5.74, 6) is 0. The molecule has 0 saturated heterocycles. The highest BCUT2D eigenvalue weighted by Crippen LogP contribution is 2.44. The van der Waals surface area contributed by atoms with Crippen LogP contribution < -0.4 is 0 Å². The molecule has 1 rings (SSSR count). The summed E-state index contributed by atoms with van der Waals surface area (Å²) in [6.45, 7) is 9.46. The first-order valence-electron chi connectivity index (χ1n) is 4.61. The Morgan fingerprint density at radius 1 is 1.33 bits per heavy atom. The van der Waals surface area contributed by atoms with Crippen LogP contribution in [-0.4, -0.2) is 4.43 Å². The van der Waals surface area contributed by atoms with Crippen LogP contribution in [0, 0.1) is 10.8 Å². The zero-order valence-corrected chi connectivity index (χ0v) is 10.7. The van der Waals surface area contributed by atoms with E-state index in [0.29, 0.717) is 10.8 Å². The second-order valence-corrected chi connectivity index (χ2v) is 6.21. The van der Waals surface area contributed by atoms with Gasteiger partial charge in [-0.3, -0.25) is 0 Å². The standard InChI is InChI=1S/C11H19I/c1-10(2)5-9(7-12)6-11(3,4)8-10/h5H,6-8H2,1-4H3. The number of allylic oxidation sites excluding steroid dienone is 2. The minimum absolute atomic E-state index is 0.419. The average molecular weight is 278 g/mol. The van der Waals surface area contributed by atoms with E-state index in [2.05, 4.69) is 56.4 Å². The molecular weight excluding hydrogens is 259 g/mol. The smallest absolute Gasteiger partial charge is 0.0206 e. The van der Waals surface area contributed by atoms with E-state index in [0.717, 1.165) is 0 Å². The highest BCUT2D eigenvalue weighted by molar-refractivity contribution is 14.1. The molecule has 0 heterocycles. The highest BCUT2D eigenvalue weighted by Gasteiger charge is 2.32. The van der Waals surface area contributed by atoms with Crippen LogP contribution in [0.25, 0.3) is 0 Å². The Bertz CT molecular complexity index is 199. The van der Waals surface area contributed by atoms with Crippen molar-refractivity contribution >= 4 is 22.6 Å². The molecule has 0 spiro atoms. The maximum absolute atomic E-state index is 2.48. The molecule has 12 heavy (non-hydrogen) atoms. The Labute approximate surface area is 90.0 Å². The van der Waals surface area contributed by atoms with Crippen LogP contribution in [0.1, 0.15) is 40.5 Å². The minimum atomic E-state index is 0.419. The van der Waals surface area contributed by atoms with Gasteiger partial charge in [-0.25, -0.2) is 0 Å². The Hall–Kier alpha value is 0.470. The molecule has 0 nitrogen and oxygen atoms in total. The summed E-state index contributed by atoms with van der Waals surface area (Å²) >= 11 is 2.47. The van der Waals surface area contributed by atoms with Crippen molar-refractivity contribution in [2.24, 2.45) is 10.8 Å². The Morgan fingerprint density at radius 2 is 1.92 bits per heavy atom. The zero-order chi connectivity index (χ0) is 9.41. The van der Waals surface area contributed by atoms with Gasteiger partial charge < -0.3 is 0 Å². The third-order valence-corrected chi connectivity index (χ3v) is 3.39. The maximum atomic E-state index is 2.48. The van der Waals surface area contributed by atoms with Crippen LogP contribution >= 0.6 is 22.6 Å². The molecule has 0 aromatic rings. The van der Waals surface area contributed by atoms with Crippen LogP contribution in [0.3, 0.4) is 0 Å². The summed E-state index contributed by atoms with van der Waals surface area (Å²) in [5, 5.41) is 0. The predicted molar refractivity (Wildman–Crippen MR) is 63.8 cm³/mol. The number of halogens is 1. The molecule has 0 saturated carbocycles. The maximum Gasteiger partial charge on any atom is 0.0206 e. The molecular formula is C11H19I. The van der Waals surface area contributed by atoms with Gasteiger partial charge in [-0.1, -0.05) is 61.9 Å². The molecule has 70 valence electrons. The first kappa shape index (κ1) is 10.6. The number of alkyl halides is 1. The van der Waals surface area contributed by atoms with E-state index in [9.17, 15) is 0 Å². The van der Waals surface area contributed by atoms with Gasteiger partial charge >= 0.3 is 0 Å². The normalized spacial score (nSPS) is 26.6. The lowest BCUT2D eigenvalue weighted by Gasteiger charge is -2.39.